The van der Waals surface area contributed by atoms with E-state index in [4.69, 9.17) is 12.2 Å². The molecule has 1 saturated heterocycles. The molecule has 1 aliphatic heterocycles. The molecule has 2 amide bonds. The number of carbonyl (C=O) groups excluding carboxylic acids is 2. The van der Waals surface area contributed by atoms with Crippen molar-refractivity contribution in [3.8, 4) is 0 Å². The zero-order chi connectivity index (χ0) is 19.2. The molecule has 0 saturated carbocycles. The second-order valence-electron chi connectivity index (χ2n) is 5.83. The summed E-state index contributed by atoms with van der Waals surface area (Å²) in [4.78, 5) is 30.2. The number of aromatic nitrogens is 2. The first-order chi connectivity index (χ1) is 13.0. The van der Waals surface area contributed by atoms with Crippen LogP contribution in [0.2, 0.25) is 0 Å². The smallest absolute Gasteiger partial charge is 0.266 e. The molecule has 0 atom stereocenters. The number of amides is 2. The highest BCUT2D eigenvalue weighted by molar-refractivity contribution is 8.26. The molecule has 3 rings (SSSR count). The monoisotopic (exact) mass is 404 g/mol. The molecule has 1 aromatic heterocycles. The van der Waals surface area contributed by atoms with Crippen molar-refractivity contribution in [1.82, 2.24) is 19.8 Å². The van der Waals surface area contributed by atoms with Gasteiger partial charge in [0.15, 0.2) is 0 Å². The Hall–Kier alpha value is -2.52. The van der Waals surface area contributed by atoms with Gasteiger partial charge in [0.25, 0.3) is 5.91 Å². The van der Waals surface area contributed by atoms with Crippen molar-refractivity contribution in [2.75, 3.05) is 13.1 Å². The standard InChI is InChI=1S/C18H17FN4O2S2/c19-14-4-1-3-13(9-14)10-15-17(25)23(18(26)27-15)11-16(24)21-5-2-7-22-8-6-20-12-22/h1,3-4,6,8-10,12H,2,5,7,11H2,(H,21,24)/b15-10-. The van der Waals surface area contributed by atoms with Crippen LogP contribution in [-0.2, 0) is 16.1 Å². The van der Waals surface area contributed by atoms with Crippen LogP contribution in [0.25, 0.3) is 6.08 Å². The van der Waals surface area contributed by atoms with Gasteiger partial charge >= 0.3 is 0 Å². The molecule has 9 heteroatoms. The molecule has 2 aromatic rings. The van der Waals surface area contributed by atoms with Crippen molar-refractivity contribution < 1.29 is 14.0 Å². The van der Waals surface area contributed by atoms with Gasteiger partial charge < -0.3 is 9.88 Å². The summed E-state index contributed by atoms with van der Waals surface area (Å²) in [5, 5.41) is 2.78. The predicted molar refractivity (Wildman–Crippen MR) is 106 cm³/mol. The van der Waals surface area contributed by atoms with Gasteiger partial charge in [-0.2, -0.15) is 0 Å². The third-order valence-electron chi connectivity index (χ3n) is 3.80. The lowest BCUT2D eigenvalue weighted by Gasteiger charge is -2.14. The van der Waals surface area contributed by atoms with E-state index in [0.29, 0.717) is 21.3 Å². The average molecular weight is 404 g/mol. The Morgan fingerprint density at radius 1 is 1.41 bits per heavy atom. The average Bonchev–Trinajstić information content (AvgIpc) is 3.23. The fraction of sp³-hybridized carbons (Fsp3) is 0.222. The normalized spacial score (nSPS) is 15.6. The topological polar surface area (TPSA) is 67.2 Å². The number of aryl methyl sites for hydroxylation is 1. The van der Waals surface area contributed by atoms with Gasteiger partial charge in [-0.25, -0.2) is 9.37 Å². The number of nitrogens with zero attached hydrogens (tertiary/aromatic N) is 3. The van der Waals surface area contributed by atoms with Gasteiger partial charge in [0.1, 0.15) is 16.7 Å². The molecule has 1 aliphatic rings. The Kier molecular flexibility index (Phi) is 6.36. The minimum Gasteiger partial charge on any atom is -0.354 e. The summed E-state index contributed by atoms with van der Waals surface area (Å²) in [5.74, 6) is -0.999. The van der Waals surface area contributed by atoms with E-state index < -0.39 is 0 Å². The van der Waals surface area contributed by atoms with Crippen LogP contribution in [0, 0.1) is 5.82 Å². The molecule has 2 heterocycles. The number of nitrogens with one attached hydrogen (secondary N) is 1. The van der Waals surface area contributed by atoms with Gasteiger partial charge in [-0.15, -0.1) is 0 Å². The number of imidazole rings is 1. The number of benzene rings is 1. The van der Waals surface area contributed by atoms with Gasteiger partial charge in [-0.05, 0) is 30.2 Å². The first-order valence-electron chi connectivity index (χ1n) is 8.26. The fourth-order valence-corrected chi connectivity index (χ4v) is 3.75. The lowest BCUT2D eigenvalue weighted by molar-refractivity contribution is -0.128. The minimum atomic E-state index is -0.380. The predicted octanol–water partition coefficient (Wildman–Crippen LogP) is 2.43. The van der Waals surface area contributed by atoms with Crippen molar-refractivity contribution in [3.05, 3.63) is 59.3 Å². The molecular formula is C18H17FN4O2S2. The SMILES string of the molecule is O=C(CN1C(=O)/C(=C/c2cccc(F)c2)SC1=S)NCCCn1ccnc1. The number of rotatable bonds is 7. The van der Waals surface area contributed by atoms with Crippen molar-refractivity contribution in [2.45, 2.75) is 13.0 Å². The minimum absolute atomic E-state index is 0.129. The van der Waals surface area contributed by atoms with E-state index in [1.54, 1.807) is 30.7 Å². The molecule has 1 N–H and O–H groups in total. The Morgan fingerprint density at radius 3 is 3.00 bits per heavy atom. The molecule has 0 spiro atoms. The lowest BCUT2D eigenvalue weighted by atomic mass is 10.2. The van der Waals surface area contributed by atoms with E-state index in [2.05, 4.69) is 10.3 Å². The molecular weight excluding hydrogens is 387 g/mol. The fourth-order valence-electron chi connectivity index (χ4n) is 2.49. The number of thioether (sulfide) groups is 1. The number of carbonyl (C=O) groups is 2. The van der Waals surface area contributed by atoms with Gasteiger partial charge in [0, 0.05) is 25.5 Å². The van der Waals surface area contributed by atoms with Gasteiger partial charge in [-0.3, -0.25) is 14.5 Å². The zero-order valence-corrected chi connectivity index (χ0v) is 15.9. The maximum absolute atomic E-state index is 13.3. The van der Waals surface area contributed by atoms with E-state index in [0.717, 1.165) is 24.7 Å². The van der Waals surface area contributed by atoms with Crippen LogP contribution >= 0.6 is 24.0 Å². The third kappa shape index (κ3) is 5.24. The number of hydrogen-bond acceptors (Lipinski definition) is 5. The first-order valence-corrected chi connectivity index (χ1v) is 9.49. The summed E-state index contributed by atoms with van der Waals surface area (Å²) < 4.78 is 15.5. The molecule has 6 nitrogen and oxygen atoms in total. The second kappa shape index (κ2) is 8.92. The molecule has 140 valence electrons. The lowest BCUT2D eigenvalue weighted by Crippen LogP contribution is -2.39. The first kappa shape index (κ1) is 19.2. The van der Waals surface area contributed by atoms with Crippen molar-refractivity contribution in [2.24, 2.45) is 0 Å². The van der Waals surface area contributed by atoms with E-state index in [1.165, 1.54) is 17.0 Å². The van der Waals surface area contributed by atoms with Crippen LogP contribution in [0.4, 0.5) is 4.39 Å². The van der Waals surface area contributed by atoms with Crippen LogP contribution in [0.5, 0.6) is 0 Å². The summed E-state index contributed by atoms with van der Waals surface area (Å²) in [6, 6.07) is 5.93. The van der Waals surface area contributed by atoms with Crippen molar-refractivity contribution in [3.63, 3.8) is 0 Å². The van der Waals surface area contributed by atoms with Crippen LogP contribution < -0.4 is 5.32 Å². The van der Waals surface area contributed by atoms with Crippen molar-refractivity contribution >= 4 is 46.2 Å². The summed E-state index contributed by atoms with van der Waals surface area (Å²) in [7, 11) is 0. The second-order valence-corrected chi connectivity index (χ2v) is 7.50. The van der Waals surface area contributed by atoms with Crippen LogP contribution in [-0.4, -0.2) is 43.7 Å². The Labute approximate surface area is 165 Å². The number of thiocarbonyl (C=S) groups is 1. The quantitative estimate of drug-likeness (QED) is 0.436. The molecule has 0 unspecified atom stereocenters. The molecule has 1 fully saturated rings. The van der Waals surface area contributed by atoms with Gasteiger partial charge in [0.05, 0.1) is 11.2 Å². The molecule has 0 aliphatic carbocycles. The molecule has 0 radical (unpaired) electrons. The Morgan fingerprint density at radius 2 is 2.26 bits per heavy atom. The summed E-state index contributed by atoms with van der Waals surface area (Å²) in [6.45, 7) is 1.11. The Bertz CT molecular complexity index is 883. The highest BCUT2D eigenvalue weighted by Gasteiger charge is 2.33. The maximum Gasteiger partial charge on any atom is 0.266 e. The number of halogens is 1. The van der Waals surface area contributed by atoms with Crippen LogP contribution in [0.15, 0.2) is 47.9 Å². The largest absolute Gasteiger partial charge is 0.354 e. The van der Waals surface area contributed by atoms with E-state index in [-0.39, 0.29) is 24.2 Å². The van der Waals surface area contributed by atoms with E-state index in [9.17, 15) is 14.0 Å². The van der Waals surface area contributed by atoms with Gasteiger partial charge in [-0.1, -0.05) is 36.1 Å². The highest BCUT2D eigenvalue weighted by atomic mass is 32.2. The summed E-state index contributed by atoms with van der Waals surface area (Å²) in [5.41, 5.74) is 0.569. The molecule has 1 aromatic carbocycles. The maximum atomic E-state index is 13.3. The number of hydrogen-bond donors (Lipinski definition) is 1. The summed E-state index contributed by atoms with van der Waals surface area (Å²) >= 11 is 6.31. The zero-order valence-electron chi connectivity index (χ0n) is 14.3. The third-order valence-corrected chi connectivity index (χ3v) is 5.17. The summed E-state index contributed by atoms with van der Waals surface area (Å²) in [6.07, 6.45) is 7.59. The molecule has 27 heavy (non-hydrogen) atoms. The Balaban J connectivity index is 1.51. The van der Waals surface area contributed by atoms with Crippen molar-refractivity contribution in [1.29, 1.82) is 0 Å². The highest BCUT2D eigenvalue weighted by Crippen LogP contribution is 2.32. The van der Waals surface area contributed by atoms with Gasteiger partial charge in [0.2, 0.25) is 5.91 Å². The van der Waals surface area contributed by atoms with Crippen LogP contribution in [0.1, 0.15) is 12.0 Å². The van der Waals surface area contributed by atoms with E-state index in [1.807, 2.05) is 10.8 Å². The van der Waals surface area contributed by atoms with Crippen LogP contribution in [0.3, 0.4) is 0 Å². The molecule has 0 bridgehead atoms. The van der Waals surface area contributed by atoms with E-state index >= 15 is 0 Å².